The number of carbonyl (C=O) groups is 1. The first-order valence-corrected chi connectivity index (χ1v) is 13.4. The van der Waals surface area contributed by atoms with Gasteiger partial charge in [0.25, 0.3) is 5.91 Å². The Bertz CT molecular complexity index is 1540. The Balaban J connectivity index is 1.98. The van der Waals surface area contributed by atoms with Gasteiger partial charge in [0.2, 0.25) is 10.0 Å². The van der Waals surface area contributed by atoms with Crippen LogP contribution in [0.5, 0.6) is 11.5 Å². The summed E-state index contributed by atoms with van der Waals surface area (Å²) in [7, 11) is -0.857. The Morgan fingerprint density at radius 2 is 1.70 bits per heavy atom. The van der Waals surface area contributed by atoms with Crippen LogP contribution in [0.4, 0.5) is 0 Å². The van der Waals surface area contributed by atoms with E-state index in [0.717, 1.165) is 14.5 Å². The zero-order chi connectivity index (χ0) is 27.0. The van der Waals surface area contributed by atoms with Crippen molar-refractivity contribution in [3.05, 3.63) is 59.4 Å². The molecule has 1 heterocycles. The number of ether oxygens (including phenoxy) is 2. The van der Waals surface area contributed by atoms with E-state index in [4.69, 9.17) is 20.0 Å². The van der Waals surface area contributed by atoms with Gasteiger partial charge in [-0.15, -0.1) is 6.58 Å². The minimum atomic E-state index is -3.94. The number of nitrogens with zero attached hydrogens (tertiary/aromatic N) is 5. The second kappa shape index (κ2) is 12.3. The van der Waals surface area contributed by atoms with Gasteiger partial charge in [0.05, 0.1) is 41.5 Å². The van der Waals surface area contributed by atoms with E-state index in [1.165, 1.54) is 35.6 Å². The number of hydrogen-bond donors (Lipinski definition) is 0. The normalized spacial score (nSPS) is 11.8. The van der Waals surface area contributed by atoms with Crippen molar-refractivity contribution >= 4 is 37.5 Å². The molecular weight excluding hydrogens is 514 g/mol. The van der Waals surface area contributed by atoms with Crippen LogP contribution in [0.1, 0.15) is 23.2 Å². The van der Waals surface area contributed by atoms with E-state index in [0.29, 0.717) is 22.8 Å². The van der Waals surface area contributed by atoms with Crippen LogP contribution >= 0.6 is 11.3 Å². The van der Waals surface area contributed by atoms with E-state index in [1.807, 2.05) is 28.8 Å². The Hall–Kier alpha value is -3.97. The van der Waals surface area contributed by atoms with E-state index in [-0.39, 0.29) is 36.4 Å². The molecule has 0 unspecified atom stereocenters. The molecule has 0 spiro atoms. The zero-order valence-corrected chi connectivity index (χ0v) is 22.0. The molecule has 10 nitrogen and oxygen atoms in total. The number of sulfonamides is 1. The predicted molar refractivity (Wildman–Crippen MR) is 139 cm³/mol. The Kier molecular flexibility index (Phi) is 9.20. The van der Waals surface area contributed by atoms with Crippen LogP contribution in [-0.2, 0) is 16.6 Å². The number of fused-ring (bicyclic) bond motifs is 1. The quantitative estimate of drug-likeness (QED) is 0.340. The SMILES string of the molecule is C=CCn1c(=NC(=O)c2ccc(S(=O)(=O)N(CCC#N)CCC#N)cc2)sc2cc(OC)c(OC)cc21. The van der Waals surface area contributed by atoms with Gasteiger partial charge in [-0.1, -0.05) is 17.4 Å². The monoisotopic (exact) mass is 539 g/mol. The summed E-state index contributed by atoms with van der Waals surface area (Å²) in [5.41, 5.74) is 1.00. The summed E-state index contributed by atoms with van der Waals surface area (Å²) in [5.74, 6) is 0.548. The third-order valence-electron chi connectivity index (χ3n) is 5.38. The van der Waals surface area contributed by atoms with Crippen LogP contribution < -0.4 is 14.3 Å². The molecule has 0 atom stereocenters. The molecule has 0 bridgehead atoms. The Labute approximate surface area is 219 Å². The molecule has 0 aliphatic heterocycles. The summed E-state index contributed by atoms with van der Waals surface area (Å²) in [6.45, 7) is 4.14. The molecule has 1 amide bonds. The summed E-state index contributed by atoms with van der Waals surface area (Å²) in [6.07, 6.45) is 1.69. The number of amides is 1. The minimum Gasteiger partial charge on any atom is -0.493 e. The van der Waals surface area contributed by atoms with Gasteiger partial charge in [0.1, 0.15) is 0 Å². The molecule has 3 rings (SSSR count). The lowest BCUT2D eigenvalue weighted by atomic mass is 10.2. The number of thiazole rings is 1. The molecule has 2 aromatic carbocycles. The summed E-state index contributed by atoms with van der Waals surface area (Å²) >= 11 is 1.30. The molecular formula is C25H25N5O5S2. The molecule has 0 saturated carbocycles. The van der Waals surface area contributed by atoms with E-state index in [1.54, 1.807) is 20.3 Å². The van der Waals surface area contributed by atoms with Gasteiger partial charge in [0, 0.05) is 50.2 Å². The van der Waals surface area contributed by atoms with Crippen LogP contribution in [0.25, 0.3) is 10.2 Å². The molecule has 192 valence electrons. The van der Waals surface area contributed by atoms with Crippen LogP contribution in [0.2, 0.25) is 0 Å². The molecule has 37 heavy (non-hydrogen) atoms. The van der Waals surface area contributed by atoms with Gasteiger partial charge in [-0.05, 0) is 24.3 Å². The Morgan fingerprint density at radius 1 is 1.11 bits per heavy atom. The van der Waals surface area contributed by atoms with Crippen molar-refractivity contribution < 1.29 is 22.7 Å². The average Bonchev–Trinajstić information content (AvgIpc) is 3.23. The van der Waals surface area contributed by atoms with Gasteiger partial charge in [-0.2, -0.15) is 19.8 Å². The van der Waals surface area contributed by atoms with Gasteiger partial charge in [-0.25, -0.2) is 8.42 Å². The molecule has 12 heteroatoms. The molecule has 0 radical (unpaired) electrons. The van der Waals surface area contributed by atoms with Crippen molar-refractivity contribution in [3.63, 3.8) is 0 Å². The fourth-order valence-electron chi connectivity index (χ4n) is 3.56. The maximum Gasteiger partial charge on any atom is 0.279 e. The number of allylic oxidation sites excluding steroid dienone is 1. The van der Waals surface area contributed by atoms with Crippen molar-refractivity contribution in [2.75, 3.05) is 27.3 Å². The van der Waals surface area contributed by atoms with Crippen molar-refractivity contribution in [1.29, 1.82) is 10.5 Å². The smallest absolute Gasteiger partial charge is 0.279 e. The predicted octanol–water partition coefficient (Wildman–Crippen LogP) is 3.47. The van der Waals surface area contributed by atoms with Gasteiger partial charge in [0.15, 0.2) is 16.3 Å². The third kappa shape index (κ3) is 6.06. The maximum absolute atomic E-state index is 13.0. The first-order chi connectivity index (χ1) is 17.8. The van der Waals surface area contributed by atoms with Crippen molar-refractivity contribution in [2.24, 2.45) is 4.99 Å². The van der Waals surface area contributed by atoms with E-state index in [2.05, 4.69) is 11.6 Å². The van der Waals surface area contributed by atoms with Crippen LogP contribution in [0.3, 0.4) is 0 Å². The Morgan fingerprint density at radius 3 is 2.24 bits per heavy atom. The molecule has 0 aliphatic carbocycles. The molecule has 0 fully saturated rings. The van der Waals surface area contributed by atoms with Crippen molar-refractivity contribution in [3.8, 4) is 23.6 Å². The maximum atomic E-state index is 13.0. The lowest BCUT2D eigenvalue weighted by Crippen LogP contribution is -2.32. The highest BCUT2D eigenvalue weighted by Crippen LogP contribution is 2.33. The number of benzene rings is 2. The molecule has 1 aromatic heterocycles. The molecule has 0 N–H and O–H groups in total. The molecule has 3 aromatic rings. The highest BCUT2D eigenvalue weighted by molar-refractivity contribution is 7.89. The number of nitriles is 2. The first-order valence-electron chi connectivity index (χ1n) is 11.1. The zero-order valence-electron chi connectivity index (χ0n) is 20.4. The van der Waals surface area contributed by atoms with Crippen molar-refractivity contribution in [2.45, 2.75) is 24.3 Å². The van der Waals surface area contributed by atoms with Crippen LogP contribution in [-0.4, -0.2) is 50.5 Å². The minimum absolute atomic E-state index is 0.00225. The van der Waals surface area contributed by atoms with Gasteiger partial charge in [-0.3, -0.25) is 4.79 Å². The number of aromatic nitrogens is 1. The third-order valence-corrected chi connectivity index (χ3v) is 8.34. The summed E-state index contributed by atoms with van der Waals surface area (Å²) < 4.78 is 40.5. The number of methoxy groups -OCH3 is 2. The standard InChI is InChI=1S/C25H25N5O5S2/c1-4-13-30-20-16-21(34-2)22(35-3)17-23(20)36-25(30)28-24(31)18-7-9-19(10-8-18)37(32,33)29(14-5-11-26)15-6-12-27/h4,7-10,16-17H,1,5-6,13-15H2,2-3H3. The lowest BCUT2D eigenvalue weighted by Gasteiger charge is -2.20. The summed E-state index contributed by atoms with van der Waals surface area (Å²) in [5, 5.41) is 17.7. The average molecular weight is 540 g/mol. The molecule has 0 saturated heterocycles. The van der Waals surface area contributed by atoms with E-state index in [9.17, 15) is 13.2 Å². The second-order valence-electron chi connectivity index (χ2n) is 7.62. The van der Waals surface area contributed by atoms with E-state index >= 15 is 0 Å². The number of carbonyl (C=O) groups excluding carboxylic acids is 1. The number of rotatable bonds is 11. The van der Waals surface area contributed by atoms with E-state index < -0.39 is 15.9 Å². The lowest BCUT2D eigenvalue weighted by molar-refractivity contribution is 0.0997. The summed E-state index contributed by atoms with van der Waals surface area (Å²) in [6, 6.07) is 12.9. The van der Waals surface area contributed by atoms with Gasteiger partial charge >= 0.3 is 0 Å². The highest BCUT2D eigenvalue weighted by atomic mass is 32.2. The molecule has 0 aliphatic rings. The topological polar surface area (TPSA) is 138 Å². The highest BCUT2D eigenvalue weighted by Gasteiger charge is 2.24. The van der Waals surface area contributed by atoms with Gasteiger partial charge < -0.3 is 14.0 Å². The van der Waals surface area contributed by atoms with Crippen molar-refractivity contribution in [1.82, 2.24) is 8.87 Å². The largest absolute Gasteiger partial charge is 0.493 e. The van der Waals surface area contributed by atoms with Crippen LogP contribution in [0.15, 0.2) is 58.9 Å². The number of hydrogen-bond acceptors (Lipinski definition) is 8. The summed E-state index contributed by atoms with van der Waals surface area (Å²) in [4.78, 5) is 17.7. The van der Waals surface area contributed by atoms with Crippen LogP contribution in [0, 0.1) is 22.7 Å². The first kappa shape index (κ1) is 27.6. The fourth-order valence-corrected chi connectivity index (χ4v) is 6.05. The second-order valence-corrected chi connectivity index (χ2v) is 10.6. The fraction of sp³-hybridized carbons (Fsp3) is 0.280.